The quantitative estimate of drug-likeness (QED) is 0.467. The predicted octanol–water partition coefficient (Wildman–Crippen LogP) is 4.38. The van der Waals surface area contributed by atoms with Gasteiger partial charge in [0, 0.05) is 36.5 Å². The Morgan fingerprint density at radius 1 is 0.897 bits per heavy atom. The highest BCUT2D eigenvalue weighted by atomic mass is 16.1. The molecule has 0 unspecified atom stereocenters. The van der Waals surface area contributed by atoms with Crippen molar-refractivity contribution in [3.63, 3.8) is 0 Å². The zero-order valence-corrected chi connectivity index (χ0v) is 16.3. The molecular formula is C24H20N4O. The molecule has 0 aliphatic heterocycles. The van der Waals surface area contributed by atoms with Crippen LogP contribution in [0.15, 0.2) is 78.2 Å². The van der Waals surface area contributed by atoms with Crippen molar-refractivity contribution in [1.29, 1.82) is 0 Å². The lowest BCUT2D eigenvalue weighted by atomic mass is 9.98. The number of pyridine rings is 3. The maximum Gasteiger partial charge on any atom is 0.260 e. The topological polar surface area (TPSA) is 52.2 Å². The van der Waals surface area contributed by atoms with Gasteiger partial charge in [0.15, 0.2) is 0 Å². The molecule has 5 heteroatoms. The number of hydrogen-bond acceptors (Lipinski definition) is 3. The van der Waals surface area contributed by atoms with Gasteiger partial charge in [0.25, 0.3) is 5.56 Å². The Bertz CT molecular complexity index is 1430. The third-order valence-electron chi connectivity index (χ3n) is 5.32. The van der Waals surface area contributed by atoms with Gasteiger partial charge in [-0.15, -0.1) is 0 Å². The highest BCUT2D eigenvalue weighted by Crippen LogP contribution is 2.28. The first kappa shape index (κ1) is 17.4. The van der Waals surface area contributed by atoms with Crippen molar-refractivity contribution >= 4 is 16.4 Å². The molecule has 4 aromatic heterocycles. The fourth-order valence-corrected chi connectivity index (χ4v) is 3.83. The Labute approximate surface area is 167 Å². The zero-order valence-electron chi connectivity index (χ0n) is 16.3. The van der Waals surface area contributed by atoms with Gasteiger partial charge in [0.2, 0.25) is 0 Å². The molecule has 5 nitrogen and oxygen atoms in total. The summed E-state index contributed by atoms with van der Waals surface area (Å²) in [5.74, 6) is 0. The van der Waals surface area contributed by atoms with E-state index in [0.717, 1.165) is 33.4 Å². The van der Waals surface area contributed by atoms with Crippen molar-refractivity contribution in [2.24, 2.45) is 0 Å². The molecule has 1 aromatic carbocycles. The number of rotatable bonds is 3. The van der Waals surface area contributed by atoms with E-state index < -0.39 is 0 Å². The number of imidazole rings is 1. The Morgan fingerprint density at radius 3 is 2.62 bits per heavy atom. The van der Waals surface area contributed by atoms with Gasteiger partial charge in [-0.2, -0.15) is 0 Å². The van der Waals surface area contributed by atoms with E-state index in [1.54, 1.807) is 10.8 Å². The fourth-order valence-electron chi connectivity index (χ4n) is 3.83. The molecule has 0 N–H and O–H groups in total. The Hall–Kier alpha value is -3.73. The summed E-state index contributed by atoms with van der Waals surface area (Å²) in [6, 6.07) is 14.2. The average molecular weight is 380 g/mol. The maximum atomic E-state index is 13.2. The van der Waals surface area contributed by atoms with Crippen molar-refractivity contribution in [3.05, 3.63) is 101 Å². The monoisotopic (exact) mass is 380 g/mol. The first-order chi connectivity index (χ1) is 14.1. The molecule has 0 amide bonds. The molecule has 0 atom stereocenters. The largest absolute Gasteiger partial charge is 0.309 e. The van der Waals surface area contributed by atoms with Gasteiger partial charge < -0.3 is 8.97 Å². The maximum absolute atomic E-state index is 13.2. The van der Waals surface area contributed by atoms with Crippen LogP contribution >= 0.6 is 0 Å². The van der Waals surface area contributed by atoms with Crippen LogP contribution in [0.25, 0.3) is 27.5 Å². The van der Waals surface area contributed by atoms with Gasteiger partial charge in [0.05, 0.1) is 17.6 Å². The predicted molar refractivity (Wildman–Crippen MR) is 115 cm³/mol. The van der Waals surface area contributed by atoms with Gasteiger partial charge in [-0.05, 0) is 48.1 Å². The average Bonchev–Trinajstić information content (AvgIpc) is 3.12. The summed E-state index contributed by atoms with van der Waals surface area (Å²) in [4.78, 5) is 22.1. The van der Waals surface area contributed by atoms with Crippen molar-refractivity contribution in [1.82, 2.24) is 18.9 Å². The van der Waals surface area contributed by atoms with E-state index in [1.165, 1.54) is 5.56 Å². The van der Waals surface area contributed by atoms with Crippen LogP contribution in [0.1, 0.15) is 16.8 Å². The Balaban J connectivity index is 1.60. The number of nitrogens with zero attached hydrogens (tertiary/aromatic N) is 4. The summed E-state index contributed by atoms with van der Waals surface area (Å²) >= 11 is 0. The van der Waals surface area contributed by atoms with Crippen molar-refractivity contribution in [3.8, 4) is 11.1 Å². The van der Waals surface area contributed by atoms with E-state index in [1.807, 2.05) is 66.4 Å². The van der Waals surface area contributed by atoms with E-state index in [-0.39, 0.29) is 5.56 Å². The summed E-state index contributed by atoms with van der Waals surface area (Å²) in [7, 11) is 0. The van der Waals surface area contributed by atoms with Gasteiger partial charge in [-0.3, -0.25) is 9.78 Å². The molecule has 0 aliphatic rings. The normalized spacial score (nSPS) is 11.4. The molecule has 5 aromatic rings. The van der Waals surface area contributed by atoms with E-state index >= 15 is 0 Å². The number of aromatic nitrogens is 4. The van der Waals surface area contributed by atoms with Crippen molar-refractivity contribution in [2.45, 2.75) is 20.4 Å². The van der Waals surface area contributed by atoms with Gasteiger partial charge in [-0.1, -0.05) is 30.3 Å². The fraction of sp³-hybridized carbons (Fsp3) is 0.125. The number of benzene rings is 1. The second kappa shape index (κ2) is 6.71. The van der Waals surface area contributed by atoms with Gasteiger partial charge in [-0.25, -0.2) is 4.98 Å². The highest BCUT2D eigenvalue weighted by Gasteiger charge is 2.11. The summed E-state index contributed by atoms with van der Waals surface area (Å²) < 4.78 is 3.69. The van der Waals surface area contributed by atoms with Crippen LogP contribution in [-0.4, -0.2) is 18.9 Å². The number of aryl methyl sites for hydroxylation is 2. The summed E-state index contributed by atoms with van der Waals surface area (Å²) in [6.45, 7) is 4.54. The minimum absolute atomic E-state index is 0.0568. The molecule has 5 rings (SSSR count). The molecule has 4 heterocycles. The van der Waals surface area contributed by atoms with Crippen molar-refractivity contribution < 1.29 is 0 Å². The Morgan fingerprint density at radius 2 is 1.76 bits per heavy atom. The van der Waals surface area contributed by atoms with Crippen LogP contribution in [0.5, 0.6) is 0 Å². The summed E-state index contributed by atoms with van der Waals surface area (Å²) in [5, 5.41) is 1.54. The molecule has 0 spiro atoms. The van der Waals surface area contributed by atoms with Crippen LogP contribution in [0, 0.1) is 13.8 Å². The minimum Gasteiger partial charge on any atom is -0.309 e. The van der Waals surface area contributed by atoms with E-state index in [2.05, 4.69) is 29.0 Å². The van der Waals surface area contributed by atoms with E-state index in [0.29, 0.717) is 11.9 Å². The molecular weight excluding hydrogens is 360 g/mol. The SMILES string of the molecule is Cc1ccc2nc(Cn3ccc4c(-c5ccccc5C)cncc4c3=O)cn2c1. The Kier molecular flexibility index (Phi) is 4.02. The molecule has 0 saturated heterocycles. The van der Waals surface area contributed by atoms with Crippen LogP contribution in [-0.2, 0) is 6.54 Å². The third-order valence-corrected chi connectivity index (χ3v) is 5.32. The lowest BCUT2D eigenvalue weighted by Gasteiger charge is -2.11. The van der Waals surface area contributed by atoms with Crippen LogP contribution in [0.2, 0.25) is 0 Å². The first-order valence-corrected chi connectivity index (χ1v) is 9.57. The van der Waals surface area contributed by atoms with Crippen LogP contribution < -0.4 is 5.56 Å². The van der Waals surface area contributed by atoms with Crippen molar-refractivity contribution in [2.75, 3.05) is 0 Å². The van der Waals surface area contributed by atoms with E-state index in [4.69, 9.17) is 0 Å². The van der Waals surface area contributed by atoms with Crippen LogP contribution in [0.4, 0.5) is 0 Å². The van der Waals surface area contributed by atoms with Gasteiger partial charge in [0.1, 0.15) is 5.65 Å². The molecule has 142 valence electrons. The summed E-state index contributed by atoms with van der Waals surface area (Å²) in [5.41, 5.74) is 6.07. The summed E-state index contributed by atoms with van der Waals surface area (Å²) in [6.07, 6.45) is 9.35. The molecule has 29 heavy (non-hydrogen) atoms. The molecule has 0 radical (unpaired) electrons. The number of hydrogen-bond donors (Lipinski definition) is 0. The zero-order chi connectivity index (χ0) is 20.0. The lowest BCUT2D eigenvalue weighted by Crippen LogP contribution is -2.20. The smallest absolute Gasteiger partial charge is 0.260 e. The molecule has 0 saturated carbocycles. The molecule has 0 bridgehead atoms. The standard InChI is InChI=1S/C24H20N4O/c1-16-7-8-23-26-18(15-28(23)13-16)14-27-10-9-20-21(11-25-12-22(20)24(27)29)19-6-4-3-5-17(19)2/h3-13,15H,14H2,1-2H3. The minimum atomic E-state index is -0.0568. The molecule has 0 aliphatic carbocycles. The first-order valence-electron chi connectivity index (χ1n) is 9.57. The second-order valence-electron chi connectivity index (χ2n) is 7.42. The van der Waals surface area contributed by atoms with Crippen LogP contribution in [0.3, 0.4) is 0 Å². The lowest BCUT2D eigenvalue weighted by molar-refractivity contribution is 0.752. The molecule has 0 fully saturated rings. The highest BCUT2D eigenvalue weighted by molar-refractivity contribution is 5.95. The third kappa shape index (κ3) is 3.01. The second-order valence-corrected chi connectivity index (χ2v) is 7.42. The van der Waals surface area contributed by atoms with E-state index in [9.17, 15) is 4.79 Å². The van der Waals surface area contributed by atoms with Gasteiger partial charge >= 0.3 is 0 Å². The number of fused-ring (bicyclic) bond motifs is 2.